The first-order chi connectivity index (χ1) is 9.52. The zero-order chi connectivity index (χ0) is 15.0. The van der Waals surface area contributed by atoms with Crippen molar-refractivity contribution in [3.63, 3.8) is 0 Å². The third kappa shape index (κ3) is 5.72. The van der Waals surface area contributed by atoms with Crippen molar-refractivity contribution in [2.75, 3.05) is 26.2 Å². The molecule has 0 aliphatic heterocycles. The van der Waals surface area contributed by atoms with Gasteiger partial charge in [0, 0.05) is 13.1 Å². The number of nitriles is 1. The van der Waals surface area contributed by atoms with Gasteiger partial charge < -0.3 is 10.5 Å². The molecule has 5 heteroatoms. The maximum Gasteiger partial charge on any atom is 0.231 e. The van der Waals surface area contributed by atoms with Gasteiger partial charge in [0.15, 0.2) is 0 Å². The number of para-hydroxylation sites is 1. The summed E-state index contributed by atoms with van der Waals surface area (Å²) in [6, 6.07) is 9.18. The van der Waals surface area contributed by atoms with Gasteiger partial charge in [-0.2, -0.15) is 5.26 Å². The molecule has 1 aromatic carbocycles. The normalized spacial score (nSPS) is 10.6. The summed E-state index contributed by atoms with van der Waals surface area (Å²) in [5.41, 5.74) is 5.74. The lowest BCUT2D eigenvalue weighted by Gasteiger charge is -2.22. The number of carbonyl (C=O) groups is 1. The maximum atomic E-state index is 11.0. The fourth-order valence-electron chi connectivity index (χ4n) is 1.94. The Morgan fingerprint density at radius 1 is 1.45 bits per heavy atom. The average Bonchev–Trinajstić information content (AvgIpc) is 2.37. The largest absolute Gasteiger partial charge is 0.491 e. The first-order valence-electron chi connectivity index (χ1n) is 6.65. The Morgan fingerprint density at radius 3 is 2.75 bits per heavy atom. The summed E-state index contributed by atoms with van der Waals surface area (Å²) in [5, 5.41) is 8.96. The van der Waals surface area contributed by atoms with E-state index < -0.39 is 0 Å². The van der Waals surface area contributed by atoms with Crippen molar-refractivity contribution in [1.82, 2.24) is 4.90 Å². The molecule has 5 nitrogen and oxygen atoms in total. The van der Waals surface area contributed by atoms with Crippen molar-refractivity contribution in [2.45, 2.75) is 13.8 Å². The number of hydrogen-bond acceptors (Lipinski definition) is 4. The number of nitrogens with zero attached hydrogens (tertiary/aromatic N) is 2. The van der Waals surface area contributed by atoms with Gasteiger partial charge in [0.1, 0.15) is 18.4 Å². The highest BCUT2D eigenvalue weighted by molar-refractivity contribution is 5.75. The third-order valence-electron chi connectivity index (χ3n) is 2.68. The predicted molar refractivity (Wildman–Crippen MR) is 77.1 cm³/mol. The van der Waals surface area contributed by atoms with E-state index in [1.165, 1.54) is 0 Å². The smallest absolute Gasteiger partial charge is 0.231 e. The molecule has 0 radical (unpaired) electrons. The minimum atomic E-state index is -0.344. The van der Waals surface area contributed by atoms with Gasteiger partial charge in [-0.15, -0.1) is 0 Å². The third-order valence-corrected chi connectivity index (χ3v) is 2.68. The Hall–Kier alpha value is -2.06. The Morgan fingerprint density at radius 2 is 2.15 bits per heavy atom. The van der Waals surface area contributed by atoms with Crippen LogP contribution in [0.25, 0.3) is 0 Å². The predicted octanol–water partition coefficient (Wildman–Crippen LogP) is 1.38. The molecule has 2 N–H and O–H groups in total. The zero-order valence-corrected chi connectivity index (χ0v) is 12.0. The number of nitrogens with two attached hydrogens (primary N) is 1. The minimum absolute atomic E-state index is 0.224. The quantitative estimate of drug-likeness (QED) is 0.777. The van der Waals surface area contributed by atoms with Gasteiger partial charge in [0.05, 0.1) is 12.1 Å². The second-order valence-corrected chi connectivity index (χ2v) is 5.05. The van der Waals surface area contributed by atoms with E-state index in [1.807, 2.05) is 11.0 Å². The molecule has 0 saturated carbocycles. The first kappa shape index (κ1) is 16.0. The van der Waals surface area contributed by atoms with E-state index in [4.69, 9.17) is 15.7 Å². The van der Waals surface area contributed by atoms with Crippen LogP contribution in [0.15, 0.2) is 24.3 Å². The second kappa shape index (κ2) is 8.18. The van der Waals surface area contributed by atoms with Gasteiger partial charge in [-0.1, -0.05) is 26.0 Å². The molecule has 0 atom stereocenters. The van der Waals surface area contributed by atoms with Gasteiger partial charge in [0.25, 0.3) is 0 Å². The topological polar surface area (TPSA) is 79.3 Å². The molecule has 0 spiro atoms. The van der Waals surface area contributed by atoms with Crippen molar-refractivity contribution >= 4 is 5.91 Å². The molecule has 0 saturated heterocycles. The summed E-state index contributed by atoms with van der Waals surface area (Å²) in [5.74, 6) is 0.669. The fraction of sp³-hybridized carbons (Fsp3) is 0.467. The summed E-state index contributed by atoms with van der Waals surface area (Å²) in [6.07, 6.45) is 0. The number of ether oxygens (including phenoxy) is 1. The van der Waals surface area contributed by atoms with Crippen LogP contribution >= 0.6 is 0 Å². The summed E-state index contributed by atoms with van der Waals surface area (Å²) in [7, 11) is 0. The van der Waals surface area contributed by atoms with Crippen molar-refractivity contribution in [3.05, 3.63) is 29.8 Å². The molecule has 0 aliphatic carbocycles. The molecule has 0 bridgehead atoms. The van der Waals surface area contributed by atoms with Crippen LogP contribution < -0.4 is 10.5 Å². The summed E-state index contributed by atoms with van der Waals surface area (Å²) in [6.45, 7) is 6.19. The van der Waals surface area contributed by atoms with E-state index in [0.717, 1.165) is 6.54 Å². The lowest BCUT2D eigenvalue weighted by molar-refractivity contribution is -0.119. The highest BCUT2D eigenvalue weighted by Gasteiger charge is 2.11. The molecular formula is C15H21N3O2. The summed E-state index contributed by atoms with van der Waals surface area (Å²) < 4.78 is 5.61. The number of carbonyl (C=O) groups excluding carboxylic acids is 1. The monoisotopic (exact) mass is 275 g/mol. The standard InChI is InChI=1S/C15H21N3O2/c1-12(2)10-18(11-15(17)19)7-8-20-14-6-4-3-5-13(14)9-16/h3-6,12H,7-8,10-11H2,1-2H3,(H2,17,19). The van der Waals surface area contributed by atoms with Gasteiger partial charge in [-0.05, 0) is 18.1 Å². The number of rotatable bonds is 8. The Balaban J connectivity index is 2.51. The van der Waals surface area contributed by atoms with Crippen molar-refractivity contribution in [3.8, 4) is 11.8 Å². The van der Waals surface area contributed by atoms with Crippen molar-refractivity contribution in [2.24, 2.45) is 11.7 Å². The molecule has 1 aromatic rings. The van der Waals surface area contributed by atoms with E-state index in [9.17, 15) is 4.79 Å². The van der Waals surface area contributed by atoms with E-state index in [1.54, 1.807) is 18.2 Å². The SMILES string of the molecule is CC(C)CN(CCOc1ccccc1C#N)CC(N)=O. The van der Waals surface area contributed by atoms with Crippen LogP contribution in [0.1, 0.15) is 19.4 Å². The molecule has 0 aromatic heterocycles. The van der Waals surface area contributed by atoms with Crippen LogP contribution in [-0.2, 0) is 4.79 Å². The van der Waals surface area contributed by atoms with Crippen LogP contribution in [0.2, 0.25) is 0 Å². The van der Waals surface area contributed by atoms with Crippen LogP contribution in [-0.4, -0.2) is 37.0 Å². The summed E-state index contributed by atoms with van der Waals surface area (Å²) >= 11 is 0. The van der Waals surface area contributed by atoms with E-state index >= 15 is 0 Å². The highest BCUT2D eigenvalue weighted by Crippen LogP contribution is 2.16. The molecule has 0 heterocycles. The van der Waals surface area contributed by atoms with E-state index in [2.05, 4.69) is 19.9 Å². The highest BCUT2D eigenvalue weighted by atomic mass is 16.5. The molecule has 1 amide bonds. The van der Waals surface area contributed by atoms with Crippen LogP contribution in [0.4, 0.5) is 0 Å². The van der Waals surface area contributed by atoms with Gasteiger partial charge >= 0.3 is 0 Å². The van der Waals surface area contributed by atoms with Crippen LogP contribution in [0, 0.1) is 17.2 Å². The fourth-order valence-corrected chi connectivity index (χ4v) is 1.94. The van der Waals surface area contributed by atoms with Gasteiger partial charge in [-0.3, -0.25) is 9.69 Å². The first-order valence-corrected chi connectivity index (χ1v) is 6.65. The molecular weight excluding hydrogens is 254 g/mol. The number of primary amides is 1. The molecule has 20 heavy (non-hydrogen) atoms. The van der Waals surface area contributed by atoms with Crippen LogP contribution in [0.3, 0.4) is 0 Å². The molecule has 0 fully saturated rings. The molecule has 0 unspecified atom stereocenters. The van der Waals surface area contributed by atoms with Crippen molar-refractivity contribution in [1.29, 1.82) is 5.26 Å². The average molecular weight is 275 g/mol. The van der Waals surface area contributed by atoms with Crippen molar-refractivity contribution < 1.29 is 9.53 Å². The minimum Gasteiger partial charge on any atom is -0.491 e. The Kier molecular flexibility index (Phi) is 6.54. The number of benzene rings is 1. The molecule has 1 rings (SSSR count). The summed E-state index contributed by atoms with van der Waals surface area (Å²) in [4.78, 5) is 13.0. The lowest BCUT2D eigenvalue weighted by Crippen LogP contribution is -2.38. The van der Waals surface area contributed by atoms with Gasteiger partial charge in [0.2, 0.25) is 5.91 Å². The second-order valence-electron chi connectivity index (χ2n) is 5.05. The zero-order valence-electron chi connectivity index (χ0n) is 12.0. The van der Waals surface area contributed by atoms with Crippen LogP contribution in [0.5, 0.6) is 5.75 Å². The van der Waals surface area contributed by atoms with Gasteiger partial charge in [-0.25, -0.2) is 0 Å². The van der Waals surface area contributed by atoms with E-state index in [0.29, 0.717) is 30.4 Å². The maximum absolute atomic E-state index is 11.0. The lowest BCUT2D eigenvalue weighted by atomic mass is 10.2. The Labute approximate surface area is 119 Å². The Bertz CT molecular complexity index is 480. The number of hydrogen-bond donors (Lipinski definition) is 1. The molecule has 108 valence electrons. The number of amides is 1. The molecule has 0 aliphatic rings. The van der Waals surface area contributed by atoms with E-state index in [-0.39, 0.29) is 12.5 Å².